The topological polar surface area (TPSA) is 82.9 Å². The van der Waals surface area contributed by atoms with Crippen LogP contribution in [0, 0.1) is 6.92 Å². The van der Waals surface area contributed by atoms with Crippen molar-refractivity contribution in [3.63, 3.8) is 0 Å². The van der Waals surface area contributed by atoms with Crippen molar-refractivity contribution in [1.29, 1.82) is 0 Å². The zero-order chi connectivity index (χ0) is 16.3. The summed E-state index contributed by atoms with van der Waals surface area (Å²) in [6.45, 7) is 6.84. The van der Waals surface area contributed by atoms with E-state index < -0.39 is 11.8 Å². The van der Waals surface area contributed by atoms with Crippen LogP contribution in [-0.2, 0) is 9.59 Å². The second kappa shape index (κ2) is 6.64. The molecule has 1 N–H and O–H groups in total. The number of amides is 3. The summed E-state index contributed by atoms with van der Waals surface area (Å²) in [6, 6.07) is 3.30. The van der Waals surface area contributed by atoms with Crippen molar-refractivity contribution in [3.05, 3.63) is 23.7 Å². The standard InChI is InChI=1S/C15H21N3O4/c1-10(2)16-13(19)15(21)18-8-6-17(7-9-18)14(20)12-5-4-11(3)22-12/h4-5,10H,6-9H2,1-3H3,(H,16,19). The van der Waals surface area contributed by atoms with Crippen molar-refractivity contribution in [2.45, 2.75) is 26.8 Å². The molecule has 1 aliphatic heterocycles. The molecule has 0 spiro atoms. The van der Waals surface area contributed by atoms with Crippen molar-refractivity contribution < 1.29 is 18.8 Å². The van der Waals surface area contributed by atoms with Crippen LogP contribution in [0.15, 0.2) is 16.5 Å². The lowest BCUT2D eigenvalue weighted by Crippen LogP contribution is -2.54. The highest BCUT2D eigenvalue weighted by Crippen LogP contribution is 2.12. The van der Waals surface area contributed by atoms with E-state index in [0.717, 1.165) is 0 Å². The smallest absolute Gasteiger partial charge is 0.312 e. The highest BCUT2D eigenvalue weighted by molar-refractivity contribution is 6.35. The average molecular weight is 307 g/mol. The molecule has 2 rings (SSSR count). The Bertz CT molecular complexity index is 571. The molecule has 0 atom stereocenters. The van der Waals surface area contributed by atoms with E-state index in [1.807, 2.05) is 0 Å². The zero-order valence-electron chi connectivity index (χ0n) is 13.1. The molecule has 0 saturated carbocycles. The fourth-order valence-corrected chi connectivity index (χ4v) is 2.29. The summed E-state index contributed by atoms with van der Waals surface area (Å²) in [7, 11) is 0. The van der Waals surface area contributed by atoms with E-state index in [1.165, 1.54) is 4.90 Å². The molecule has 7 nitrogen and oxygen atoms in total. The number of nitrogens with one attached hydrogen (secondary N) is 1. The first-order valence-electron chi connectivity index (χ1n) is 7.34. The highest BCUT2D eigenvalue weighted by atomic mass is 16.3. The number of nitrogens with zero attached hydrogens (tertiary/aromatic N) is 2. The largest absolute Gasteiger partial charge is 0.456 e. The molecule has 120 valence electrons. The third kappa shape index (κ3) is 3.66. The van der Waals surface area contributed by atoms with Gasteiger partial charge in [-0.3, -0.25) is 14.4 Å². The number of carbonyl (C=O) groups is 3. The molecule has 0 bridgehead atoms. The summed E-state index contributed by atoms with van der Waals surface area (Å²) in [5.74, 6) is -0.352. The predicted octanol–water partition coefficient (Wildman–Crippen LogP) is 0.397. The molecule has 0 radical (unpaired) electrons. The van der Waals surface area contributed by atoms with Crippen LogP contribution in [0.2, 0.25) is 0 Å². The fraction of sp³-hybridized carbons (Fsp3) is 0.533. The average Bonchev–Trinajstić information content (AvgIpc) is 2.91. The summed E-state index contributed by atoms with van der Waals surface area (Å²) in [5.41, 5.74) is 0. The van der Waals surface area contributed by atoms with Crippen molar-refractivity contribution in [2.24, 2.45) is 0 Å². The maximum Gasteiger partial charge on any atom is 0.312 e. The molecule has 1 fully saturated rings. The van der Waals surface area contributed by atoms with E-state index in [-0.39, 0.29) is 11.9 Å². The number of rotatable bonds is 2. The van der Waals surface area contributed by atoms with Gasteiger partial charge < -0.3 is 19.5 Å². The van der Waals surface area contributed by atoms with E-state index in [9.17, 15) is 14.4 Å². The van der Waals surface area contributed by atoms with Gasteiger partial charge >= 0.3 is 11.8 Å². The van der Waals surface area contributed by atoms with Crippen LogP contribution in [-0.4, -0.2) is 59.7 Å². The lowest BCUT2D eigenvalue weighted by Gasteiger charge is -2.34. The number of carbonyl (C=O) groups excluding carboxylic acids is 3. The second-order valence-corrected chi connectivity index (χ2v) is 5.62. The summed E-state index contributed by atoms with van der Waals surface area (Å²) in [4.78, 5) is 39.0. The molecule has 7 heteroatoms. The van der Waals surface area contributed by atoms with Gasteiger partial charge in [0.05, 0.1) is 0 Å². The molecule has 1 aromatic rings. The van der Waals surface area contributed by atoms with Crippen LogP contribution in [0.3, 0.4) is 0 Å². The second-order valence-electron chi connectivity index (χ2n) is 5.62. The first-order chi connectivity index (χ1) is 10.4. The molecule has 2 heterocycles. The van der Waals surface area contributed by atoms with E-state index in [0.29, 0.717) is 37.7 Å². The monoisotopic (exact) mass is 307 g/mol. The van der Waals surface area contributed by atoms with Gasteiger partial charge in [0.2, 0.25) is 0 Å². The van der Waals surface area contributed by atoms with E-state index >= 15 is 0 Å². The highest BCUT2D eigenvalue weighted by Gasteiger charge is 2.29. The summed E-state index contributed by atoms with van der Waals surface area (Å²) in [6.07, 6.45) is 0. The van der Waals surface area contributed by atoms with Gasteiger partial charge in [-0.15, -0.1) is 0 Å². The third-order valence-electron chi connectivity index (χ3n) is 3.42. The van der Waals surface area contributed by atoms with Gasteiger partial charge in [-0.05, 0) is 32.9 Å². The van der Waals surface area contributed by atoms with Gasteiger partial charge in [0, 0.05) is 32.2 Å². The molecule has 1 saturated heterocycles. The minimum absolute atomic E-state index is 0.0819. The van der Waals surface area contributed by atoms with Crippen LogP contribution in [0.1, 0.15) is 30.2 Å². The third-order valence-corrected chi connectivity index (χ3v) is 3.42. The summed E-state index contributed by atoms with van der Waals surface area (Å²) < 4.78 is 5.32. The van der Waals surface area contributed by atoms with Crippen LogP contribution in [0.5, 0.6) is 0 Å². The first-order valence-corrected chi connectivity index (χ1v) is 7.34. The Balaban J connectivity index is 1.89. The molecular weight excluding hydrogens is 286 g/mol. The van der Waals surface area contributed by atoms with Gasteiger partial charge in [0.15, 0.2) is 5.76 Å². The van der Waals surface area contributed by atoms with Gasteiger partial charge in [-0.25, -0.2) is 0 Å². The fourth-order valence-electron chi connectivity index (χ4n) is 2.29. The molecule has 1 aliphatic rings. The Morgan fingerprint density at radius 2 is 1.68 bits per heavy atom. The number of piperazine rings is 1. The van der Waals surface area contributed by atoms with Crippen molar-refractivity contribution in [2.75, 3.05) is 26.2 Å². The van der Waals surface area contributed by atoms with Gasteiger partial charge in [-0.1, -0.05) is 0 Å². The zero-order valence-corrected chi connectivity index (χ0v) is 13.1. The molecular formula is C15H21N3O4. The quantitative estimate of drug-likeness (QED) is 0.802. The van der Waals surface area contributed by atoms with Gasteiger partial charge in [-0.2, -0.15) is 0 Å². The molecule has 0 aliphatic carbocycles. The van der Waals surface area contributed by atoms with Gasteiger partial charge in [0.1, 0.15) is 5.76 Å². The lowest BCUT2D eigenvalue weighted by atomic mass is 10.2. The summed E-state index contributed by atoms with van der Waals surface area (Å²) in [5, 5.41) is 2.58. The maximum absolute atomic E-state index is 12.2. The number of hydrogen-bond acceptors (Lipinski definition) is 4. The number of aryl methyl sites for hydroxylation is 1. The Morgan fingerprint density at radius 1 is 1.09 bits per heavy atom. The number of furan rings is 1. The van der Waals surface area contributed by atoms with Crippen LogP contribution < -0.4 is 5.32 Å². The predicted molar refractivity (Wildman–Crippen MR) is 79.2 cm³/mol. The maximum atomic E-state index is 12.2. The van der Waals surface area contributed by atoms with Crippen molar-refractivity contribution >= 4 is 17.7 Å². The molecule has 22 heavy (non-hydrogen) atoms. The van der Waals surface area contributed by atoms with Crippen LogP contribution in [0.25, 0.3) is 0 Å². The molecule has 1 aromatic heterocycles. The van der Waals surface area contributed by atoms with E-state index in [4.69, 9.17) is 4.42 Å². The number of hydrogen-bond donors (Lipinski definition) is 1. The minimum atomic E-state index is -0.601. The lowest BCUT2D eigenvalue weighted by molar-refractivity contribution is -0.147. The van der Waals surface area contributed by atoms with E-state index in [1.54, 1.807) is 37.8 Å². The Kier molecular flexibility index (Phi) is 4.85. The van der Waals surface area contributed by atoms with Crippen LogP contribution in [0.4, 0.5) is 0 Å². The van der Waals surface area contributed by atoms with Crippen molar-refractivity contribution in [3.8, 4) is 0 Å². The summed E-state index contributed by atoms with van der Waals surface area (Å²) >= 11 is 0. The molecule has 3 amide bonds. The Morgan fingerprint density at radius 3 is 2.18 bits per heavy atom. The van der Waals surface area contributed by atoms with Gasteiger partial charge in [0.25, 0.3) is 5.91 Å². The van der Waals surface area contributed by atoms with Crippen molar-refractivity contribution in [1.82, 2.24) is 15.1 Å². The Hall–Kier alpha value is -2.31. The Labute approximate surface area is 129 Å². The van der Waals surface area contributed by atoms with Crippen LogP contribution >= 0.6 is 0 Å². The molecule has 0 aromatic carbocycles. The minimum Gasteiger partial charge on any atom is -0.456 e. The molecule has 0 unspecified atom stereocenters. The SMILES string of the molecule is Cc1ccc(C(=O)N2CCN(C(=O)C(=O)NC(C)C)CC2)o1. The first kappa shape index (κ1) is 16.1. The normalized spacial score (nSPS) is 15.1. The van der Waals surface area contributed by atoms with E-state index in [2.05, 4.69) is 5.32 Å².